The molecule has 0 bridgehead atoms. The molecule has 0 saturated heterocycles. The number of hydrogen-bond acceptors (Lipinski definition) is 3. The summed E-state index contributed by atoms with van der Waals surface area (Å²) in [5.41, 5.74) is 7.75. The van der Waals surface area contributed by atoms with Gasteiger partial charge >= 0.3 is 0 Å². The van der Waals surface area contributed by atoms with Gasteiger partial charge in [-0.15, -0.1) is 0 Å². The highest BCUT2D eigenvalue weighted by atomic mass is 79.9. The SMILES string of the molecule is N#CC1=C(N)Oc2c(cc(Cl)c3ccccc23)C1c1ccc(F)c(Br)c1. The minimum atomic E-state index is -0.497. The van der Waals surface area contributed by atoms with Gasteiger partial charge in [-0.05, 0) is 39.7 Å². The molecule has 1 aliphatic rings. The Morgan fingerprint density at radius 1 is 1.15 bits per heavy atom. The van der Waals surface area contributed by atoms with E-state index in [1.807, 2.05) is 24.3 Å². The summed E-state index contributed by atoms with van der Waals surface area (Å²) < 4.78 is 19.8. The molecule has 1 atom stereocenters. The van der Waals surface area contributed by atoms with Gasteiger partial charge in [0.25, 0.3) is 0 Å². The van der Waals surface area contributed by atoms with E-state index in [0.29, 0.717) is 20.8 Å². The second kappa shape index (κ2) is 6.31. The minimum Gasteiger partial charge on any atom is -0.440 e. The fourth-order valence-corrected chi connectivity index (χ4v) is 3.95. The molecule has 3 aromatic carbocycles. The van der Waals surface area contributed by atoms with Crippen molar-refractivity contribution in [3.8, 4) is 11.8 Å². The van der Waals surface area contributed by atoms with Crippen molar-refractivity contribution in [3.05, 3.63) is 86.4 Å². The molecule has 3 nitrogen and oxygen atoms in total. The highest BCUT2D eigenvalue weighted by Gasteiger charge is 2.32. The van der Waals surface area contributed by atoms with Gasteiger partial charge in [0.05, 0.1) is 10.4 Å². The number of rotatable bonds is 1. The van der Waals surface area contributed by atoms with Gasteiger partial charge in [0.15, 0.2) is 0 Å². The second-order valence-electron chi connectivity index (χ2n) is 5.92. The van der Waals surface area contributed by atoms with Crippen LogP contribution in [0.4, 0.5) is 4.39 Å². The topological polar surface area (TPSA) is 59.0 Å². The van der Waals surface area contributed by atoms with Crippen LogP contribution in [0.1, 0.15) is 17.0 Å². The average Bonchev–Trinajstić information content (AvgIpc) is 2.64. The van der Waals surface area contributed by atoms with Crippen molar-refractivity contribution in [2.45, 2.75) is 5.92 Å². The van der Waals surface area contributed by atoms with Crippen molar-refractivity contribution in [1.82, 2.24) is 0 Å². The summed E-state index contributed by atoms with van der Waals surface area (Å²) in [6.07, 6.45) is 0. The van der Waals surface area contributed by atoms with Crippen LogP contribution in [-0.4, -0.2) is 0 Å². The van der Waals surface area contributed by atoms with Crippen molar-refractivity contribution in [2.24, 2.45) is 5.73 Å². The number of fused-ring (bicyclic) bond motifs is 3. The number of hydrogen-bond donors (Lipinski definition) is 1. The first-order chi connectivity index (χ1) is 12.5. The Balaban J connectivity index is 2.05. The summed E-state index contributed by atoms with van der Waals surface area (Å²) >= 11 is 9.68. The third-order valence-electron chi connectivity index (χ3n) is 4.45. The molecule has 1 unspecified atom stereocenters. The highest BCUT2D eigenvalue weighted by Crippen LogP contribution is 2.47. The van der Waals surface area contributed by atoms with E-state index in [0.717, 1.165) is 16.3 Å². The summed E-state index contributed by atoms with van der Waals surface area (Å²) in [7, 11) is 0. The summed E-state index contributed by atoms with van der Waals surface area (Å²) in [5, 5.41) is 11.8. The predicted octanol–water partition coefficient (Wildman–Crippen LogP) is 5.61. The molecule has 1 heterocycles. The van der Waals surface area contributed by atoms with E-state index in [9.17, 15) is 9.65 Å². The van der Waals surface area contributed by atoms with Gasteiger partial charge in [0, 0.05) is 21.4 Å². The molecule has 0 amide bonds. The molecule has 0 aliphatic carbocycles. The van der Waals surface area contributed by atoms with E-state index in [2.05, 4.69) is 22.0 Å². The summed E-state index contributed by atoms with van der Waals surface area (Å²) in [4.78, 5) is 0. The van der Waals surface area contributed by atoms with Crippen molar-refractivity contribution >= 4 is 38.3 Å². The van der Waals surface area contributed by atoms with Gasteiger partial charge in [-0.2, -0.15) is 5.26 Å². The molecule has 3 aromatic rings. The Hall–Kier alpha value is -2.55. The van der Waals surface area contributed by atoms with Crippen molar-refractivity contribution in [2.75, 3.05) is 0 Å². The number of nitriles is 1. The summed E-state index contributed by atoms with van der Waals surface area (Å²) in [6, 6.07) is 16.1. The lowest BCUT2D eigenvalue weighted by molar-refractivity contribution is 0.398. The number of halogens is 3. The van der Waals surface area contributed by atoms with E-state index in [-0.39, 0.29) is 17.3 Å². The number of ether oxygens (including phenoxy) is 1. The zero-order valence-corrected chi connectivity index (χ0v) is 15.6. The molecule has 128 valence electrons. The van der Waals surface area contributed by atoms with Crippen LogP contribution in [0, 0.1) is 17.1 Å². The lowest BCUT2D eigenvalue weighted by atomic mass is 9.82. The Morgan fingerprint density at radius 3 is 2.58 bits per heavy atom. The van der Waals surface area contributed by atoms with Crippen LogP contribution in [-0.2, 0) is 0 Å². The maximum atomic E-state index is 13.7. The first kappa shape index (κ1) is 16.9. The molecule has 6 heteroatoms. The van der Waals surface area contributed by atoms with Crippen LogP contribution in [0.2, 0.25) is 5.02 Å². The molecule has 0 saturated carbocycles. The number of benzene rings is 3. The molecular weight excluding hydrogens is 419 g/mol. The predicted molar refractivity (Wildman–Crippen MR) is 102 cm³/mol. The van der Waals surface area contributed by atoms with Crippen LogP contribution >= 0.6 is 27.5 Å². The van der Waals surface area contributed by atoms with E-state index in [1.165, 1.54) is 6.07 Å². The molecule has 0 radical (unpaired) electrons. The molecule has 4 rings (SSSR count). The fraction of sp³-hybridized carbons (Fsp3) is 0.0500. The maximum absolute atomic E-state index is 13.7. The minimum absolute atomic E-state index is 0.0397. The van der Waals surface area contributed by atoms with E-state index in [1.54, 1.807) is 18.2 Å². The van der Waals surface area contributed by atoms with Crippen molar-refractivity contribution in [3.63, 3.8) is 0 Å². The zero-order valence-electron chi connectivity index (χ0n) is 13.3. The Labute approximate surface area is 162 Å². The Morgan fingerprint density at radius 2 is 1.88 bits per heavy atom. The smallest absolute Gasteiger partial charge is 0.205 e. The van der Waals surface area contributed by atoms with E-state index < -0.39 is 5.92 Å². The Kier molecular flexibility index (Phi) is 4.10. The van der Waals surface area contributed by atoms with Gasteiger partial charge < -0.3 is 10.5 Å². The standard InChI is InChI=1S/C20H11BrClFN2O/c21-15-7-10(5-6-17(15)23)18-13-8-16(22)11-3-1-2-4-12(11)19(13)26-20(25)14(18)9-24/h1-8,18H,25H2. The monoisotopic (exact) mass is 428 g/mol. The lowest BCUT2D eigenvalue weighted by Gasteiger charge is -2.28. The Bertz CT molecular complexity index is 1140. The lowest BCUT2D eigenvalue weighted by Crippen LogP contribution is -2.21. The van der Waals surface area contributed by atoms with Gasteiger partial charge in [-0.3, -0.25) is 0 Å². The third kappa shape index (κ3) is 2.54. The number of nitrogens with two attached hydrogens (primary N) is 1. The number of allylic oxidation sites excluding steroid dienone is 1. The van der Waals surface area contributed by atoms with Gasteiger partial charge in [-0.25, -0.2) is 4.39 Å². The largest absolute Gasteiger partial charge is 0.440 e. The molecule has 0 fully saturated rings. The van der Waals surface area contributed by atoms with E-state index >= 15 is 0 Å². The zero-order chi connectivity index (χ0) is 18.4. The molecule has 0 aromatic heterocycles. The van der Waals surface area contributed by atoms with Gasteiger partial charge in [-0.1, -0.05) is 41.9 Å². The normalized spacial score (nSPS) is 16.2. The first-order valence-electron chi connectivity index (χ1n) is 7.75. The molecule has 1 aliphatic heterocycles. The van der Waals surface area contributed by atoms with Crippen LogP contribution in [0.3, 0.4) is 0 Å². The fourth-order valence-electron chi connectivity index (χ4n) is 3.27. The van der Waals surface area contributed by atoms with Crippen LogP contribution < -0.4 is 10.5 Å². The van der Waals surface area contributed by atoms with Crippen LogP contribution in [0.15, 0.2) is 64.5 Å². The van der Waals surface area contributed by atoms with Gasteiger partial charge in [0.2, 0.25) is 5.88 Å². The first-order valence-corrected chi connectivity index (χ1v) is 8.92. The van der Waals surface area contributed by atoms with Crippen LogP contribution in [0.5, 0.6) is 5.75 Å². The molecule has 0 spiro atoms. The maximum Gasteiger partial charge on any atom is 0.205 e. The molecular formula is C20H11BrClFN2O. The average molecular weight is 430 g/mol. The van der Waals surface area contributed by atoms with Gasteiger partial charge in [0.1, 0.15) is 23.2 Å². The van der Waals surface area contributed by atoms with Crippen LogP contribution in [0.25, 0.3) is 10.8 Å². The highest BCUT2D eigenvalue weighted by molar-refractivity contribution is 9.10. The quantitative estimate of drug-likeness (QED) is 0.547. The molecule has 2 N–H and O–H groups in total. The van der Waals surface area contributed by atoms with Crippen molar-refractivity contribution in [1.29, 1.82) is 5.26 Å². The summed E-state index contributed by atoms with van der Waals surface area (Å²) in [5.74, 6) is -0.277. The number of nitrogens with zero attached hydrogens (tertiary/aromatic N) is 1. The second-order valence-corrected chi connectivity index (χ2v) is 7.18. The van der Waals surface area contributed by atoms with E-state index in [4.69, 9.17) is 22.1 Å². The van der Waals surface area contributed by atoms with Crippen molar-refractivity contribution < 1.29 is 9.13 Å². The molecule has 26 heavy (non-hydrogen) atoms. The third-order valence-corrected chi connectivity index (χ3v) is 5.37. The summed E-state index contributed by atoms with van der Waals surface area (Å²) in [6.45, 7) is 0.